The predicted molar refractivity (Wildman–Crippen MR) is 109 cm³/mol. The number of hydrogen-bond donors (Lipinski definition) is 1. The number of aryl methyl sites for hydroxylation is 1. The Labute approximate surface area is 192 Å². The van der Waals surface area contributed by atoms with Gasteiger partial charge in [0, 0.05) is 27.7 Å². The van der Waals surface area contributed by atoms with E-state index in [-0.39, 0.29) is 10.5 Å². The van der Waals surface area contributed by atoms with Gasteiger partial charge in [0.2, 0.25) is 4.77 Å². The molecular formula is C18H24N4O10S. The zero-order valence-electron chi connectivity index (χ0n) is 18.5. The smallest absolute Gasteiger partial charge is 0.303 e. The van der Waals surface area contributed by atoms with E-state index in [1.807, 2.05) is 0 Å². The quantitative estimate of drug-likeness (QED) is 0.224. The maximum absolute atomic E-state index is 12.1. The maximum atomic E-state index is 12.1. The van der Waals surface area contributed by atoms with Crippen molar-refractivity contribution in [2.24, 2.45) is 0 Å². The summed E-state index contributed by atoms with van der Waals surface area (Å²) < 4.78 is 28.2. The van der Waals surface area contributed by atoms with Gasteiger partial charge in [-0.2, -0.15) is 9.77 Å². The summed E-state index contributed by atoms with van der Waals surface area (Å²) in [6.07, 6.45) is -6.82. The number of aromatic nitrogens is 3. The van der Waals surface area contributed by atoms with Crippen LogP contribution in [-0.4, -0.2) is 69.4 Å². The number of nitrogens with zero attached hydrogens (tertiary/aromatic N) is 3. The number of rotatable bonds is 6. The molecule has 0 saturated carbocycles. The molecule has 0 aromatic carbocycles. The van der Waals surface area contributed by atoms with Crippen molar-refractivity contribution >= 4 is 36.1 Å². The molecule has 5 atom stereocenters. The van der Waals surface area contributed by atoms with Crippen molar-refractivity contribution in [3.8, 4) is 0 Å². The van der Waals surface area contributed by atoms with Gasteiger partial charge in [-0.1, -0.05) is 0 Å². The normalized spacial score (nSPS) is 24.5. The first-order chi connectivity index (χ1) is 15.3. The first-order valence-corrected chi connectivity index (χ1v) is 10.0. The Morgan fingerprint density at radius 1 is 0.970 bits per heavy atom. The van der Waals surface area contributed by atoms with E-state index in [4.69, 9.17) is 41.7 Å². The van der Waals surface area contributed by atoms with E-state index in [2.05, 4.69) is 5.10 Å². The Hall–Kier alpha value is -3.33. The predicted octanol–water partition coefficient (Wildman–Crippen LogP) is -0.948. The molecule has 33 heavy (non-hydrogen) atoms. The monoisotopic (exact) mass is 488 g/mol. The molecule has 1 aliphatic heterocycles. The summed E-state index contributed by atoms with van der Waals surface area (Å²) in [6.45, 7) is 5.37. The molecule has 15 heteroatoms. The molecule has 182 valence electrons. The first kappa shape index (κ1) is 25.9. The van der Waals surface area contributed by atoms with E-state index in [1.54, 1.807) is 0 Å². The molecule has 1 aromatic heterocycles. The second kappa shape index (κ2) is 10.5. The third-order valence-corrected chi connectivity index (χ3v) is 4.78. The van der Waals surface area contributed by atoms with E-state index in [1.165, 1.54) is 6.92 Å². The molecule has 0 aliphatic carbocycles. The van der Waals surface area contributed by atoms with Crippen molar-refractivity contribution in [2.45, 2.75) is 65.3 Å². The minimum absolute atomic E-state index is 0.0704. The second-order valence-electron chi connectivity index (χ2n) is 7.08. The van der Waals surface area contributed by atoms with Gasteiger partial charge >= 0.3 is 23.9 Å². The van der Waals surface area contributed by atoms with Crippen LogP contribution < -0.4 is 11.4 Å². The van der Waals surface area contributed by atoms with Crippen LogP contribution >= 0.6 is 12.2 Å². The maximum Gasteiger partial charge on any atom is 0.303 e. The zero-order valence-corrected chi connectivity index (χ0v) is 19.3. The van der Waals surface area contributed by atoms with Gasteiger partial charge in [-0.05, 0) is 19.1 Å². The highest BCUT2D eigenvalue weighted by molar-refractivity contribution is 7.71. The fourth-order valence-corrected chi connectivity index (χ4v) is 3.41. The SMILES string of the molecule is CC(=O)OC[C@H]1O[C@@H](n2nc(C)c(=O)n(N)c2=S)[C@H](OC(C)=O)[C@@H](OC(C)=O)[C@@H]1OC(C)=O. The number of carbonyl (C=O) groups is 4. The third-order valence-electron chi connectivity index (χ3n) is 4.40. The molecule has 0 spiro atoms. The summed E-state index contributed by atoms with van der Waals surface area (Å²) in [5.41, 5.74) is -0.749. The van der Waals surface area contributed by atoms with Crippen LogP contribution in [-0.2, 0) is 42.9 Å². The molecule has 2 rings (SSSR count). The summed E-state index contributed by atoms with van der Waals surface area (Å²) in [6, 6.07) is 0. The number of esters is 4. The molecule has 0 bridgehead atoms. The van der Waals surface area contributed by atoms with Crippen LogP contribution in [0.2, 0.25) is 0 Å². The lowest BCUT2D eigenvalue weighted by Gasteiger charge is -2.44. The Morgan fingerprint density at radius 3 is 2.00 bits per heavy atom. The molecule has 0 radical (unpaired) electrons. The average molecular weight is 488 g/mol. The first-order valence-electron chi connectivity index (χ1n) is 9.61. The van der Waals surface area contributed by atoms with E-state index < -0.39 is 66.7 Å². The zero-order chi connectivity index (χ0) is 25.0. The summed E-state index contributed by atoms with van der Waals surface area (Å²) in [5.74, 6) is 2.71. The van der Waals surface area contributed by atoms with Crippen LogP contribution in [0, 0.1) is 11.7 Å². The molecule has 0 unspecified atom stereocenters. The van der Waals surface area contributed by atoms with Crippen LogP contribution in [0.4, 0.5) is 0 Å². The second-order valence-corrected chi connectivity index (χ2v) is 7.44. The van der Waals surface area contributed by atoms with Crippen LogP contribution in [0.15, 0.2) is 4.79 Å². The topological polar surface area (TPSA) is 180 Å². The molecule has 1 aliphatic rings. The van der Waals surface area contributed by atoms with Crippen LogP contribution in [0.3, 0.4) is 0 Å². The standard InChI is InChI=1S/C18H24N4O10S/c1-7-16(27)21(19)18(33)22(20-7)17-15(31-11(5)26)14(30-10(4)25)13(29-9(3)24)12(32-17)6-28-8(2)23/h12-15,17H,6,19H2,1-5H3/t12-,13-,14+,15-,17-/m1/s1. The van der Waals surface area contributed by atoms with Gasteiger partial charge in [-0.25, -0.2) is 4.68 Å². The van der Waals surface area contributed by atoms with Gasteiger partial charge in [0.05, 0.1) is 0 Å². The average Bonchev–Trinajstić information content (AvgIpc) is 2.70. The van der Waals surface area contributed by atoms with Gasteiger partial charge in [0.25, 0.3) is 5.56 Å². The summed E-state index contributed by atoms with van der Waals surface area (Å²) in [7, 11) is 0. The Kier molecular flexibility index (Phi) is 8.27. The van der Waals surface area contributed by atoms with Crippen LogP contribution in [0.5, 0.6) is 0 Å². The van der Waals surface area contributed by atoms with E-state index >= 15 is 0 Å². The van der Waals surface area contributed by atoms with Crippen LogP contribution in [0.1, 0.15) is 39.6 Å². The number of nitrogens with two attached hydrogens (primary N) is 1. The number of nitrogen functional groups attached to an aromatic ring is 1. The minimum Gasteiger partial charge on any atom is -0.463 e. The lowest BCUT2D eigenvalue weighted by Crippen LogP contribution is -2.61. The van der Waals surface area contributed by atoms with Crippen molar-refractivity contribution in [2.75, 3.05) is 12.4 Å². The number of ether oxygens (including phenoxy) is 5. The molecule has 14 nitrogen and oxygen atoms in total. The lowest BCUT2D eigenvalue weighted by atomic mass is 9.97. The molecular weight excluding hydrogens is 464 g/mol. The van der Waals surface area contributed by atoms with Crippen molar-refractivity contribution in [1.82, 2.24) is 14.5 Å². The summed E-state index contributed by atoms with van der Waals surface area (Å²) in [4.78, 5) is 59.0. The molecule has 2 heterocycles. The van der Waals surface area contributed by atoms with E-state index in [0.29, 0.717) is 4.68 Å². The Bertz CT molecular complexity index is 1070. The molecule has 1 saturated heterocycles. The van der Waals surface area contributed by atoms with Gasteiger partial charge in [0.1, 0.15) is 18.4 Å². The highest BCUT2D eigenvalue weighted by atomic mass is 32.1. The Balaban J connectivity index is 2.70. The van der Waals surface area contributed by atoms with Gasteiger partial charge < -0.3 is 29.5 Å². The number of hydrogen-bond acceptors (Lipinski definition) is 13. The molecule has 2 N–H and O–H groups in total. The van der Waals surface area contributed by atoms with E-state index in [0.717, 1.165) is 32.4 Å². The fraction of sp³-hybridized carbons (Fsp3) is 0.611. The fourth-order valence-electron chi connectivity index (χ4n) is 3.19. The van der Waals surface area contributed by atoms with Gasteiger partial charge in [-0.3, -0.25) is 24.0 Å². The highest BCUT2D eigenvalue weighted by Gasteiger charge is 2.53. The van der Waals surface area contributed by atoms with Crippen molar-refractivity contribution in [1.29, 1.82) is 0 Å². The van der Waals surface area contributed by atoms with Crippen LogP contribution in [0.25, 0.3) is 0 Å². The molecule has 0 amide bonds. The third kappa shape index (κ3) is 6.13. The van der Waals surface area contributed by atoms with Gasteiger partial charge in [-0.15, -0.1) is 0 Å². The highest BCUT2D eigenvalue weighted by Crippen LogP contribution is 2.34. The molecule has 1 fully saturated rings. The number of carbonyl (C=O) groups excluding carboxylic acids is 4. The van der Waals surface area contributed by atoms with Gasteiger partial charge in [0.15, 0.2) is 24.5 Å². The van der Waals surface area contributed by atoms with E-state index in [9.17, 15) is 24.0 Å². The summed E-state index contributed by atoms with van der Waals surface area (Å²) in [5, 5.41) is 4.07. The van der Waals surface area contributed by atoms with Crippen molar-refractivity contribution < 1.29 is 42.9 Å². The summed E-state index contributed by atoms with van der Waals surface area (Å²) >= 11 is 5.20. The largest absolute Gasteiger partial charge is 0.463 e. The molecule has 1 aromatic rings. The minimum atomic E-state index is -1.44. The van der Waals surface area contributed by atoms with Crippen molar-refractivity contribution in [3.63, 3.8) is 0 Å². The Morgan fingerprint density at radius 2 is 1.48 bits per heavy atom. The van der Waals surface area contributed by atoms with Crippen molar-refractivity contribution in [3.05, 3.63) is 20.8 Å². The lowest BCUT2D eigenvalue weighted by molar-refractivity contribution is -0.271.